The maximum Gasteiger partial charge on any atom is 0.161 e. The molecule has 0 bridgehead atoms. The van der Waals surface area contributed by atoms with Crippen LogP contribution in [0.25, 0.3) is 0 Å². The fourth-order valence-corrected chi connectivity index (χ4v) is 4.24. The second-order valence-corrected chi connectivity index (χ2v) is 8.34. The van der Waals surface area contributed by atoms with Gasteiger partial charge in [-0.25, -0.2) is 0 Å². The minimum Gasteiger partial charge on any atom is -0.493 e. The number of aliphatic hydroxyl groups excluding tert-OH is 1. The number of pyridine rings is 1. The van der Waals surface area contributed by atoms with Gasteiger partial charge in [0.25, 0.3) is 0 Å². The van der Waals surface area contributed by atoms with Crippen LogP contribution in [0.1, 0.15) is 11.3 Å². The van der Waals surface area contributed by atoms with E-state index in [1.165, 1.54) is 0 Å². The summed E-state index contributed by atoms with van der Waals surface area (Å²) in [7, 11) is 1.64. The molecule has 2 heterocycles. The highest BCUT2D eigenvalue weighted by molar-refractivity contribution is 7.99. The van der Waals surface area contributed by atoms with Crippen molar-refractivity contribution in [3.05, 3.63) is 53.9 Å². The number of thioether (sulfide) groups is 1. The molecule has 0 radical (unpaired) electrons. The summed E-state index contributed by atoms with van der Waals surface area (Å²) in [4.78, 5) is 6.63. The largest absolute Gasteiger partial charge is 0.493 e. The maximum atomic E-state index is 10.3. The van der Waals surface area contributed by atoms with Gasteiger partial charge < -0.3 is 19.9 Å². The zero-order chi connectivity index (χ0) is 20.3. The van der Waals surface area contributed by atoms with Crippen molar-refractivity contribution in [2.24, 2.45) is 0 Å². The van der Waals surface area contributed by atoms with Crippen LogP contribution in [0.3, 0.4) is 0 Å². The average molecular weight is 418 g/mol. The first kappa shape index (κ1) is 21.9. The van der Waals surface area contributed by atoms with Crippen LogP contribution in [0.15, 0.2) is 42.6 Å². The van der Waals surface area contributed by atoms with Crippen LogP contribution in [0.4, 0.5) is 0 Å². The summed E-state index contributed by atoms with van der Waals surface area (Å²) in [5.41, 5.74) is 2.21. The molecule has 29 heavy (non-hydrogen) atoms. The predicted molar refractivity (Wildman–Crippen MR) is 118 cm³/mol. The molecule has 3 rings (SSSR count). The molecular weight excluding hydrogens is 386 g/mol. The van der Waals surface area contributed by atoms with E-state index >= 15 is 0 Å². The third kappa shape index (κ3) is 7.51. The Morgan fingerprint density at radius 1 is 1.21 bits per heavy atom. The van der Waals surface area contributed by atoms with Crippen LogP contribution in [0.2, 0.25) is 0 Å². The van der Waals surface area contributed by atoms with Crippen LogP contribution in [0, 0.1) is 0 Å². The van der Waals surface area contributed by atoms with Crippen LogP contribution in [-0.4, -0.2) is 72.5 Å². The Morgan fingerprint density at radius 3 is 2.83 bits per heavy atom. The average Bonchev–Trinajstić information content (AvgIpc) is 2.77. The Labute approximate surface area is 177 Å². The van der Waals surface area contributed by atoms with Crippen LogP contribution in [0.5, 0.6) is 11.5 Å². The number of aliphatic hydroxyl groups is 1. The molecule has 0 amide bonds. The van der Waals surface area contributed by atoms with Gasteiger partial charge in [0.1, 0.15) is 12.7 Å². The Kier molecular flexibility index (Phi) is 9.08. The minimum absolute atomic E-state index is 0.266. The number of hydrogen-bond donors (Lipinski definition) is 2. The molecule has 1 aromatic heterocycles. The number of rotatable bonds is 11. The number of methoxy groups -OCH3 is 1. The molecule has 1 saturated heterocycles. The fourth-order valence-electron chi connectivity index (χ4n) is 3.26. The van der Waals surface area contributed by atoms with E-state index in [4.69, 9.17) is 9.47 Å². The number of β-amino-alcohol motifs (C(OH)–C–C–N with tert-alkyl or cyclic N) is 1. The zero-order valence-electron chi connectivity index (χ0n) is 17.0. The van der Waals surface area contributed by atoms with Crippen molar-refractivity contribution in [1.82, 2.24) is 15.2 Å². The third-order valence-electron chi connectivity index (χ3n) is 4.85. The molecule has 1 aromatic carbocycles. The van der Waals surface area contributed by atoms with Gasteiger partial charge in [-0.05, 0) is 29.8 Å². The second-order valence-electron chi connectivity index (χ2n) is 7.11. The van der Waals surface area contributed by atoms with Crippen LogP contribution in [-0.2, 0) is 13.0 Å². The monoisotopic (exact) mass is 417 g/mol. The van der Waals surface area contributed by atoms with E-state index in [2.05, 4.69) is 15.2 Å². The molecule has 158 valence electrons. The summed E-state index contributed by atoms with van der Waals surface area (Å²) in [6, 6.07) is 11.9. The predicted octanol–water partition coefficient (Wildman–Crippen LogP) is 2.21. The second kappa shape index (κ2) is 12.0. The van der Waals surface area contributed by atoms with Crippen LogP contribution < -0.4 is 14.8 Å². The Morgan fingerprint density at radius 2 is 2.07 bits per heavy atom. The van der Waals surface area contributed by atoms with Gasteiger partial charge in [-0.15, -0.1) is 0 Å². The molecule has 1 fully saturated rings. The van der Waals surface area contributed by atoms with Crippen molar-refractivity contribution < 1.29 is 14.6 Å². The molecule has 0 aliphatic carbocycles. The summed E-state index contributed by atoms with van der Waals surface area (Å²) in [6.45, 7) is 4.60. The van der Waals surface area contributed by atoms with Crippen LogP contribution >= 0.6 is 11.8 Å². The first-order valence-corrected chi connectivity index (χ1v) is 11.3. The summed E-state index contributed by atoms with van der Waals surface area (Å²) in [6.07, 6.45) is 2.21. The van der Waals surface area contributed by atoms with Crippen molar-refractivity contribution >= 4 is 11.8 Å². The number of benzene rings is 1. The summed E-state index contributed by atoms with van der Waals surface area (Å²) in [5, 5.41) is 13.7. The smallest absolute Gasteiger partial charge is 0.161 e. The molecule has 1 aliphatic heterocycles. The SMILES string of the molecule is COc1cc(CNCCc2ccccn2)ccc1OC[C@@H](O)CN1CCSCC1. The lowest BCUT2D eigenvalue weighted by Gasteiger charge is -2.28. The van der Waals surface area contributed by atoms with Crippen molar-refractivity contribution in [2.75, 3.05) is 51.4 Å². The highest BCUT2D eigenvalue weighted by atomic mass is 32.2. The Balaban J connectivity index is 1.42. The van der Waals surface area contributed by atoms with Crippen molar-refractivity contribution in [1.29, 1.82) is 0 Å². The summed E-state index contributed by atoms with van der Waals surface area (Å²) >= 11 is 1.97. The topological polar surface area (TPSA) is 66.8 Å². The van der Waals surface area contributed by atoms with Gasteiger partial charge in [0, 0.05) is 62.5 Å². The molecule has 2 N–H and O–H groups in total. The number of nitrogens with one attached hydrogen (secondary N) is 1. The number of hydrogen-bond acceptors (Lipinski definition) is 7. The van der Waals surface area contributed by atoms with E-state index in [9.17, 15) is 5.11 Å². The van der Waals surface area contributed by atoms with E-state index in [1.54, 1.807) is 7.11 Å². The van der Waals surface area contributed by atoms with Gasteiger partial charge in [-0.1, -0.05) is 12.1 Å². The van der Waals surface area contributed by atoms with E-state index in [-0.39, 0.29) is 6.61 Å². The lowest BCUT2D eigenvalue weighted by Crippen LogP contribution is -2.40. The molecule has 1 aliphatic rings. The first-order valence-electron chi connectivity index (χ1n) is 10.1. The molecule has 2 aromatic rings. The van der Waals surface area contributed by atoms with Gasteiger partial charge in [0.15, 0.2) is 11.5 Å². The molecule has 7 heteroatoms. The third-order valence-corrected chi connectivity index (χ3v) is 5.79. The van der Waals surface area contributed by atoms with Gasteiger partial charge >= 0.3 is 0 Å². The highest BCUT2D eigenvalue weighted by Crippen LogP contribution is 2.28. The summed E-state index contributed by atoms with van der Waals surface area (Å²) < 4.78 is 11.3. The van der Waals surface area contributed by atoms with E-state index in [0.717, 1.165) is 55.4 Å². The van der Waals surface area contributed by atoms with Gasteiger partial charge in [0.2, 0.25) is 0 Å². The van der Waals surface area contributed by atoms with Gasteiger partial charge in [-0.2, -0.15) is 11.8 Å². The Bertz CT molecular complexity index is 726. The number of aromatic nitrogens is 1. The first-order chi connectivity index (χ1) is 14.2. The molecule has 0 unspecified atom stereocenters. The highest BCUT2D eigenvalue weighted by Gasteiger charge is 2.16. The van der Waals surface area contributed by atoms with E-state index in [0.29, 0.717) is 18.0 Å². The Hall–Kier alpha value is -1.80. The quantitative estimate of drug-likeness (QED) is 0.544. The standard InChI is InChI=1S/C22H31N3O3S/c1-27-22-14-18(15-23-9-7-19-4-2-3-8-24-19)5-6-21(22)28-17-20(26)16-25-10-12-29-13-11-25/h2-6,8,14,20,23,26H,7,9-13,15-17H2,1H3/t20-/m0/s1. The molecule has 1 atom stereocenters. The number of ether oxygens (including phenoxy) is 2. The lowest BCUT2D eigenvalue weighted by molar-refractivity contribution is 0.0705. The van der Waals surface area contributed by atoms with E-state index < -0.39 is 6.10 Å². The fraction of sp³-hybridized carbons (Fsp3) is 0.500. The lowest BCUT2D eigenvalue weighted by atomic mass is 10.2. The number of nitrogens with zero attached hydrogens (tertiary/aromatic N) is 2. The minimum atomic E-state index is -0.504. The summed E-state index contributed by atoms with van der Waals surface area (Å²) in [5.74, 6) is 3.63. The molecule has 6 nitrogen and oxygen atoms in total. The zero-order valence-corrected chi connectivity index (χ0v) is 17.9. The van der Waals surface area contributed by atoms with Gasteiger partial charge in [0.05, 0.1) is 7.11 Å². The van der Waals surface area contributed by atoms with Crippen molar-refractivity contribution in [2.45, 2.75) is 19.1 Å². The molecular formula is C22H31N3O3S. The molecule has 0 saturated carbocycles. The van der Waals surface area contributed by atoms with Crippen molar-refractivity contribution in [3.63, 3.8) is 0 Å². The van der Waals surface area contributed by atoms with Crippen molar-refractivity contribution in [3.8, 4) is 11.5 Å². The van der Waals surface area contributed by atoms with Gasteiger partial charge in [-0.3, -0.25) is 9.88 Å². The maximum absolute atomic E-state index is 10.3. The van der Waals surface area contributed by atoms with E-state index in [1.807, 2.05) is 54.4 Å². The molecule has 0 spiro atoms. The normalized spacial score (nSPS) is 15.8.